The summed E-state index contributed by atoms with van der Waals surface area (Å²) in [6.45, 7) is 4.14. The molecular formula is C12H13ClN2. The van der Waals surface area contributed by atoms with Crippen LogP contribution < -0.4 is 0 Å². The number of nitrogens with zero attached hydrogens (tertiary/aromatic N) is 2. The van der Waals surface area contributed by atoms with Crippen LogP contribution in [0.3, 0.4) is 0 Å². The van der Waals surface area contributed by atoms with Gasteiger partial charge in [0, 0.05) is 6.20 Å². The van der Waals surface area contributed by atoms with Crippen molar-refractivity contribution in [2.45, 2.75) is 20.3 Å². The predicted octanol–water partition coefficient (Wildman–Crippen LogP) is 3.40. The molecule has 0 N–H and O–H groups in total. The van der Waals surface area contributed by atoms with Crippen molar-refractivity contribution in [1.82, 2.24) is 9.55 Å². The quantitative estimate of drug-likeness (QED) is 0.759. The number of aromatic nitrogens is 2. The molecule has 0 fully saturated rings. The second-order valence-electron chi connectivity index (χ2n) is 3.58. The van der Waals surface area contributed by atoms with Gasteiger partial charge in [0.05, 0.1) is 22.7 Å². The maximum Gasteiger partial charge on any atom is 0.0995 e. The number of aryl methyl sites for hydroxylation is 2. The molecule has 0 aliphatic carbocycles. The molecule has 2 rings (SSSR count). The molecule has 1 aromatic heterocycles. The van der Waals surface area contributed by atoms with Crippen LogP contribution in [0.15, 0.2) is 30.7 Å². The van der Waals surface area contributed by atoms with Crippen molar-refractivity contribution in [1.29, 1.82) is 0 Å². The van der Waals surface area contributed by atoms with Gasteiger partial charge in [-0.15, -0.1) is 0 Å². The fraction of sp³-hybridized carbons (Fsp3) is 0.250. The molecule has 0 saturated carbocycles. The van der Waals surface area contributed by atoms with Crippen molar-refractivity contribution in [3.63, 3.8) is 0 Å². The van der Waals surface area contributed by atoms with Crippen LogP contribution in [0.25, 0.3) is 5.69 Å². The SMILES string of the molecule is CCc1cn(-c2cc(C)ccc2Cl)cn1. The zero-order chi connectivity index (χ0) is 10.8. The third-order valence-electron chi connectivity index (χ3n) is 2.38. The minimum atomic E-state index is 0.751. The fourth-order valence-electron chi connectivity index (χ4n) is 1.50. The Balaban J connectivity index is 2.48. The Bertz CT molecular complexity index is 474. The first-order chi connectivity index (χ1) is 7.20. The Morgan fingerprint density at radius 1 is 1.40 bits per heavy atom. The van der Waals surface area contributed by atoms with E-state index in [9.17, 15) is 0 Å². The first-order valence-corrected chi connectivity index (χ1v) is 5.38. The first kappa shape index (κ1) is 10.2. The van der Waals surface area contributed by atoms with Crippen LogP contribution >= 0.6 is 11.6 Å². The topological polar surface area (TPSA) is 17.8 Å². The third-order valence-corrected chi connectivity index (χ3v) is 2.70. The van der Waals surface area contributed by atoms with Crippen molar-refractivity contribution in [3.05, 3.63) is 47.0 Å². The molecule has 0 aliphatic rings. The van der Waals surface area contributed by atoms with Crippen molar-refractivity contribution in [2.24, 2.45) is 0 Å². The van der Waals surface area contributed by atoms with Crippen molar-refractivity contribution >= 4 is 11.6 Å². The van der Waals surface area contributed by atoms with E-state index < -0.39 is 0 Å². The molecule has 0 atom stereocenters. The molecule has 3 heteroatoms. The highest BCUT2D eigenvalue weighted by atomic mass is 35.5. The summed E-state index contributed by atoms with van der Waals surface area (Å²) in [5.74, 6) is 0. The van der Waals surface area contributed by atoms with Crippen LogP contribution in [-0.4, -0.2) is 9.55 Å². The molecule has 15 heavy (non-hydrogen) atoms. The summed E-state index contributed by atoms with van der Waals surface area (Å²) in [5.41, 5.74) is 3.26. The zero-order valence-corrected chi connectivity index (χ0v) is 9.62. The lowest BCUT2D eigenvalue weighted by Crippen LogP contribution is -1.92. The summed E-state index contributed by atoms with van der Waals surface area (Å²) in [6, 6.07) is 5.98. The van der Waals surface area contributed by atoms with E-state index in [4.69, 9.17) is 11.6 Å². The van der Waals surface area contributed by atoms with Crippen LogP contribution in [0.5, 0.6) is 0 Å². The molecule has 0 aliphatic heterocycles. The van der Waals surface area contributed by atoms with Gasteiger partial charge in [0.25, 0.3) is 0 Å². The van der Waals surface area contributed by atoms with Gasteiger partial charge in [-0.25, -0.2) is 4.98 Å². The number of rotatable bonds is 2. The van der Waals surface area contributed by atoms with Crippen molar-refractivity contribution in [2.75, 3.05) is 0 Å². The van der Waals surface area contributed by atoms with E-state index >= 15 is 0 Å². The number of hydrogen-bond donors (Lipinski definition) is 0. The lowest BCUT2D eigenvalue weighted by Gasteiger charge is -2.05. The van der Waals surface area contributed by atoms with E-state index in [-0.39, 0.29) is 0 Å². The molecular weight excluding hydrogens is 208 g/mol. The maximum absolute atomic E-state index is 6.13. The Morgan fingerprint density at radius 3 is 2.87 bits per heavy atom. The number of halogens is 1. The van der Waals surface area contributed by atoms with Crippen molar-refractivity contribution < 1.29 is 0 Å². The summed E-state index contributed by atoms with van der Waals surface area (Å²) in [6.07, 6.45) is 4.76. The monoisotopic (exact) mass is 220 g/mol. The second-order valence-corrected chi connectivity index (χ2v) is 3.99. The van der Waals surface area contributed by atoms with Crippen molar-refractivity contribution in [3.8, 4) is 5.69 Å². The van der Waals surface area contributed by atoms with Gasteiger partial charge in [0.15, 0.2) is 0 Å². The average Bonchev–Trinajstić information content (AvgIpc) is 2.70. The Morgan fingerprint density at radius 2 is 2.20 bits per heavy atom. The molecule has 0 radical (unpaired) electrons. The number of hydrogen-bond acceptors (Lipinski definition) is 1. The van der Waals surface area contributed by atoms with Crippen LogP contribution in [0, 0.1) is 6.92 Å². The molecule has 2 aromatic rings. The highest BCUT2D eigenvalue weighted by Gasteiger charge is 2.04. The van der Waals surface area contributed by atoms with Gasteiger partial charge in [-0.1, -0.05) is 24.6 Å². The molecule has 1 heterocycles. The van der Waals surface area contributed by atoms with Crippen LogP contribution in [0.2, 0.25) is 5.02 Å². The Kier molecular flexibility index (Phi) is 2.78. The number of benzene rings is 1. The highest BCUT2D eigenvalue weighted by molar-refractivity contribution is 6.32. The predicted molar refractivity (Wildman–Crippen MR) is 62.7 cm³/mol. The van der Waals surface area contributed by atoms with E-state index in [0.717, 1.165) is 22.8 Å². The van der Waals surface area contributed by atoms with E-state index in [0.29, 0.717) is 0 Å². The van der Waals surface area contributed by atoms with Gasteiger partial charge in [-0.05, 0) is 31.0 Å². The molecule has 0 amide bonds. The van der Waals surface area contributed by atoms with Gasteiger partial charge in [0.2, 0.25) is 0 Å². The lowest BCUT2D eigenvalue weighted by molar-refractivity contribution is 1.05. The molecule has 0 saturated heterocycles. The average molecular weight is 221 g/mol. The van der Waals surface area contributed by atoms with E-state index in [1.165, 1.54) is 5.56 Å². The zero-order valence-electron chi connectivity index (χ0n) is 8.87. The summed E-state index contributed by atoms with van der Waals surface area (Å²) in [7, 11) is 0. The van der Waals surface area contributed by atoms with Gasteiger partial charge in [0.1, 0.15) is 0 Å². The third kappa shape index (κ3) is 2.05. The largest absolute Gasteiger partial charge is 0.305 e. The normalized spacial score (nSPS) is 10.6. The minimum absolute atomic E-state index is 0.751. The first-order valence-electron chi connectivity index (χ1n) is 5.00. The van der Waals surface area contributed by atoms with E-state index in [1.54, 1.807) is 6.33 Å². The highest BCUT2D eigenvalue weighted by Crippen LogP contribution is 2.21. The lowest BCUT2D eigenvalue weighted by atomic mass is 10.2. The second kappa shape index (κ2) is 4.07. The van der Waals surface area contributed by atoms with Crippen LogP contribution in [0.4, 0.5) is 0 Å². The summed E-state index contributed by atoms with van der Waals surface area (Å²) in [5, 5.41) is 0.751. The van der Waals surface area contributed by atoms with Gasteiger partial charge in [-0.3, -0.25) is 0 Å². The van der Waals surface area contributed by atoms with Crippen LogP contribution in [0.1, 0.15) is 18.2 Å². The standard InChI is InChI=1S/C12H13ClN2/c1-3-10-7-15(8-14-10)12-6-9(2)4-5-11(12)13/h4-8H,3H2,1-2H3. The van der Waals surface area contributed by atoms with Gasteiger partial charge in [-0.2, -0.15) is 0 Å². The molecule has 2 nitrogen and oxygen atoms in total. The Labute approximate surface area is 94.5 Å². The van der Waals surface area contributed by atoms with Gasteiger partial charge < -0.3 is 4.57 Å². The molecule has 78 valence electrons. The smallest absolute Gasteiger partial charge is 0.0995 e. The van der Waals surface area contributed by atoms with E-state index in [2.05, 4.69) is 24.9 Å². The molecule has 0 spiro atoms. The molecule has 0 bridgehead atoms. The fourth-order valence-corrected chi connectivity index (χ4v) is 1.71. The minimum Gasteiger partial charge on any atom is -0.305 e. The Hall–Kier alpha value is -1.28. The summed E-state index contributed by atoms with van der Waals surface area (Å²) < 4.78 is 1.97. The summed E-state index contributed by atoms with van der Waals surface area (Å²) >= 11 is 6.13. The van der Waals surface area contributed by atoms with E-state index in [1.807, 2.05) is 22.9 Å². The number of imidazole rings is 1. The van der Waals surface area contributed by atoms with Gasteiger partial charge >= 0.3 is 0 Å². The maximum atomic E-state index is 6.13. The molecule has 1 aromatic carbocycles. The summed E-state index contributed by atoms with van der Waals surface area (Å²) in [4.78, 5) is 4.29. The van der Waals surface area contributed by atoms with Crippen LogP contribution in [-0.2, 0) is 6.42 Å². The molecule has 0 unspecified atom stereocenters.